The molecule has 0 aliphatic carbocycles. The molecule has 3 fully saturated rings. The Balaban J connectivity index is 1.61. The standard InChI is InChI=1S/C16H30N2O2/c1-2-7-17-16(13-5-9-19-10-6-13)15-11-18-8-3-4-14(18)12-20-15/h13-17H,2-12H2,1H3. The summed E-state index contributed by atoms with van der Waals surface area (Å²) in [6.45, 7) is 8.54. The van der Waals surface area contributed by atoms with Crippen LogP contribution in [-0.4, -0.2) is 62.5 Å². The Morgan fingerprint density at radius 1 is 1.25 bits per heavy atom. The fraction of sp³-hybridized carbons (Fsp3) is 1.00. The molecule has 20 heavy (non-hydrogen) atoms. The highest BCUT2D eigenvalue weighted by molar-refractivity contribution is 4.93. The van der Waals surface area contributed by atoms with Crippen LogP contribution < -0.4 is 5.32 Å². The van der Waals surface area contributed by atoms with Crippen LogP contribution in [0.1, 0.15) is 39.0 Å². The summed E-state index contributed by atoms with van der Waals surface area (Å²) in [6.07, 6.45) is 6.62. The van der Waals surface area contributed by atoms with Crippen molar-refractivity contribution in [2.45, 2.75) is 57.2 Å². The van der Waals surface area contributed by atoms with Crippen molar-refractivity contribution in [3.05, 3.63) is 0 Å². The van der Waals surface area contributed by atoms with E-state index in [0.717, 1.165) is 38.8 Å². The van der Waals surface area contributed by atoms with E-state index in [9.17, 15) is 0 Å². The third kappa shape index (κ3) is 3.35. The maximum Gasteiger partial charge on any atom is 0.0858 e. The molecule has 3 heterocycles. The first kappa shape index (κ1) is 14.8. The van der Waals surface area contributed by atoms with E-state index in [1.165, 1.54) is 38.6 Å². The minimum atomic E-state index is 0.374. The quantitative estimate of drug-likeness (QED) is 0.831. The van der Waals surface area contributed by atoms with E-state index < -0.39 is 0 Å². The molecule has 0 bridgehead atoms. The van der Waals surface area contributed by atoms with Gasteiger partial charge < -0.3 is 14.8 Å². The SMILES string of the molecule is CCCNC(C1CCOCC1)C1CN2CCCC2CO1. The number of morpholine rings is 1. The molecule has 0 saturated carbocycles. The van der Waals surface area contributed by atoms with Crippen LogP contribution in [0, 0.1) is 5.92 Å². The molecule has 0 radical (unpaired) electrons. The summed E-state index contributed by atoms with van der Waals surface area (Å²) < 4.78 is 11.8. The molecule has 0 aromatic rings. The van der Waals surface area contributed by atoms with Crippen molar-refractivity contribution in [1.29, 1.82) is 0 Å². The van der Waals surface area contributed by atoms with Crippen molar-refractivity contribution in [3.8, 4) is 0 Å². The van der Waals surface area contributed by atoms with Crippen LogP contribution in [0.5, 0.6) is 0 Å². The van der Waals surface area contributed by atoms with E-state index in [-0.39, 0.29) is 0 Å². The molecule has 0 amide bonds. The van der Waals surface area contributed by atoms with Gasteiger partial charge in [-0.05, 0) is 51.1 Å². The van der Waals surface area contributed by atoms with Crippen molar-refractivity contribution in [3.63, 3.8) is 0 Å². The predicted octanol–water partition coefficient (Wildman–Crippen LogP) is 1.64. The van der Waals surface area contributed by atoms with Crippen LogP contribution in [0.25, 0.3) is 0 Å². The number of fused-ring (bicyclic) bond motifs is 1. The van der Waals surface area contributed by atoms with E-state index >= 15 is 0 Å². The summed E-state index contributed by atoms with van der Waals surface area (Å²) in [4.78, 5) is 2.66. The fourth-order valence-corrected chi connectivity index (χ4v) is 4.05. The Hall–Kier alpha value is -0.160. The van der Waals surface area contributed by atoms with E-state index in [4.69, 9.17) is 9.47 Å². The van der Waals surface area contributed by atoms with Crippen LogP contribution in [-0.2, 0) is 9.47 Å². The first-order chi connectivity index (χ1) is 9.88. The molecule has 0 aromatic heterocycles. The summed E-state index contributed by atoms with van der Waals surface area (Å²) in [5, 5.41) is 3.78. The third-order valence-electron chi connectivity index (χ3n) is 5.22. The number of rotatable bonds is 5. The topological polar surface area (TPSA) is 33.7 Å². The second-order valence-corrected chi connectivity index (χ2v) is 6.59. The number of hydrogen-bond donors (Lipinski definition) is 1. The van der Waals surface area contributed by atoms with Gasteiger partial charge in [0.1, 0.15) is 0 Å². The molecule has 0 spiro atoms. The highest BCUT2D eigenvalue weighted by Crippen LogP contribution is 2.28. The van der Waals surface area contributed by atoms with E-state index in [0.29, 0.717) is 18.2 Å². The van der Waals surface area contributed by atoms with E-state index in [1.807, 2.05) is 0 Å². The van der Waals surface area contributed by atoms with Crippen LogP contribution >= 0.6 is 0 Å². The third-order valence-corrected chi connectivity index (χ3v) is 5.22. The molecule has 4 nitrogen and oxygen atoms in total. The lowest BCUT2D eigenvalue weighted by Crippen LogP contribution is -2.57. The summed E-state index contributed by atoms with van der Waals surface area (Å²) in [7, 11) is 0. The molecule has 3 rings (SSSR count). The normalized spacial score (nSPS) is 34.0. The highest BCUT2D eigenvalue weighted by Gasteiger charge is 2.38. The molecule has 3 aliphatic heterocycles. The lowest BCUT2D eigenvalue weighted by Gasteiger charge is -2.42. The average molecular weight is 282 g/mol. The highest BCUT2D eigenvalue weighted by atomic mass is 16.5. The van der Waals surface area contributed by atoms with Gasteiger partial charge in [0.25, 0.3) is 0 Å². The molecule has 3 aliphatic rings. The molecular formula is C16H30N2O2. The van der Waals surface area contributed by atoms with Gasteiger partial charge in [-0.25, -0.2) is 0 Å². The molecule has 3 saturated heterocycles. The van der Waals surface area contributed by atoms with Gasteiger partial charge in [-0.15, -0.1) is 0 Å². The summed E-state index contributed by atoms with van der Waals surface area (Å²) >= 11 is 0. The summed E-state index contributed by atoms with van der Waals surface area (Å²) in [6, 6.07) is 1.22. The Labute approximate surface area is 123 Å². The maximum absolute atomic E-state index is 6.26. The lowest BCUT2D eigenvalue weighted by atomic mass is 9.87. The predicted molar refractivity (Wildman–Crippen MR) is 80.0 cm³/mol. The van der Waals surface area contributed by atoms with Crippen molar-refractivity contribution < 1.29 is 9.47 Å². The van der Waals surface area contributed by atoms with Gasteiger partial charge >= 0.3 is 0 Å². The fourth-order valence-electron chi connectivity index (χ4n) is 4.05. The molecule has 116 valence electrons. The van der Waals surface area contributed by atoms with Gasteiger partial charge in [0.15, 0.2) is 0 Å². The summed E-state index contributed by atoms with van der Waals surface area (Å²) in [5.41, 5.74) is 0. The van der Waals surface area contributed by atoms with Crippen LogP contribution in [0.3, 0.4) is 0 Å². The zero-order chi connectivity index (χ0) is 13.8. The second kappa shape index (κ2) is 7.21. The van der Waals surface area contributed by atoms with Crippen LogP contribution in [0.2, 0.25) is 0 Å². The first-order valence-corrected chi connectivity index (χ1v) is 8.55. The molecule has 4 heteroatoms. The number of hydrogen-bond acceptors (Lipinski definition) is 4. The van der Waals surface area contributed by atoms with Gasteiger partial charge in [-0.1, -0.05) is 6.92 Å². The smallest absolute Gasteiger partial charge is 0.0858 e. The van der Waals surface area contributed by atoms with Gasteiger partial charge in [0, 0.05) is 31.8 Å². The van der Waals surface area contributed by atoms with Crippen LogP contribution in [0.4, 0.5) is 0 Å². The first-order valence-electron chi connectivity index (χ1n) is 8.55. The monoisotopic (exact) mass is 282 g/mol. The Morgan fingerprint density at radius 3 is 2.90 bits per heavy atom. The van der Waals surface area contributed by atoms with Crippen molar-refractivity contribution >= 4 is 0 Å². The molecule has 0 aromatic carbocycles. The van der Waals surface area contributed by atoms with Gasteiger partial charge in [0.05, 0.1) is 12.7 Å². The maximum atomic E-state index is 6.26. The molecular weight excluding hydrogens is 252 g/mol. The zero-order valence-electron chi connectivity index (χ0n) is 12.9. The van der Waals surface area contributed by atoms with E-state index in [2.05, 4.69) is 17.1 Å². The lowest BCUT2D eigenvalue weighted by molar-refractivity contribution is -0.0817. The minimum absolute atomic E-state index is 0.374. The van der Waals surface area contributed by atoms with Crippen molar-refractivity contribution in [2.24, 2.45) is 5.92 Å². The molecule has 1 N–H and O–H groups in total. The van der Waals surface area contributed by atoms with E-state index in [1.54, 1.807) is 0 Å². The number of ether oxygens (including phenoxy) is 2. The zero-order valence-corrected chi connectivity index (χ0v) is 12.9. The minimum Gasteiger partial charge on any atom is -0.381 e. The molecule has 3 unspecified atom stereocenters. The second-order valence-electron chi connectivity index (χ2n) is 6.59. The Morgan fingerprint density at radius 2 is 2.10 bits per heavy atom. The van der Waals surface area contributed by atoms with Gasteiger partial charge in [0.2, 0.25) is 0 Å². The Kier molecular flexibility index (Phi) is 5.32. The number of nitrogens with zero attached hydrogens (tertiary/aromatic N) is 1. The van der Waals surface area contributed by atoms with Gasteiger partial charge in [-0.3, -0.25) is 4.90 Å². The average Bonchev–Trinajstić information content (AvgIpc) is 2.96. The van der Waals surface area contributed by atoms with Crippen molar-refractivity contribution in [1.82, 2.24) is 10.2 Å². The van der Waals surface area contributed by atoms with Crippen molar-refractivity contribution in [2.75, 3.05) is 39.5 Å². The summed E-state index contributed by atoms with van der Waals surface area (Å²) in [5.74, 6) is 0.722. The van der Waals surface area contributed by atoms with Gasteiger partial charge in [-0.2, -0.15) is 0 Å². The largest absolute Gasteiger partial charge is 0.381 e. The number of nitrogens with one attached hydrogen (secondary N) is 1. The Bertz CT molecular complexity index is 294. The van der Waals surface area contributed by atoms with Crippen LogP contribution in [0.15, 0.2) is 0 Å². The molecule has 3 atom stereocenters.